The summed E-state index contributed by atoms with van der Waals surface area (Å²) in [5, 5.41) is 2.77. The van der Waals surface area contributed by atoms with Crippen LogP contribution in [0.4, 0.5) is 4.79 Å². The molecular formula is C20H36NO6P. The smallest absolute Gasteiger partial charge is 0.449 e. The van der Waals surface area contributed by atoms with Gasteiger partial charge in [-0.05, 0) is 43.4 Å². The molecule has 1 saturated carbocycles. The zero-order valence-electron chi connectivity index (χ0n) is 17.4. The van der Waals surface area contributed by atoms with Gasteiger partial charge in [-0.15, -0.1) is 11.8 Å². The van der Waals surface area contributed by atoms with Gasteiger partial charge in [-0.25, -0.2) is 9.36 Å². The molecule has 0 aliphatic heterocycles. The normalized spacial score (nSPS) is 24.6. The van der Waals surface area contributed by atoms with Gasteiger partial charge in [0.25, 0.3) is 0 Å². The standard InChI is InChI=1S/C18H30NO6P.C2H6/c1-23-26(21,22)25-13-9-5-4-8-12-19-18(20)24-14-17-15-10-6-2-3-7-11-16(15)17;1-2/h15-17H,4-14H2,1H3,(H,19,20)(H,21,22);1-2H3. The van der Waals surface area contributed by atoms with Gasteiger partial charge in [0.15, 0.2) is 0 Å². The SMILES string of the molecule is CC.COP(=O)(O)OCCCCCCNC(=O)OCC1C2CCC#CCCC21. The maximum absolute atomic E-state index is 11.7. The number of amides is 1. The van der Waals surface area contributed by atoms with Crippen molar-refractivity contribution in [2.24, 2.45) is 17.8 Å². The van der Waals surface area contributed by atoms with E-state index in [2.05, 4.69) is 21.7 Å². The minimum atomic E-state index is -3.85. The summed E-state index contributed by atoms with van der Waals surface area (Å²) in [4.78, 5) is 20.8. The van der Waals surface area contributed by atoms with Crippen LogP contribution in [0.15, 0.2) is 0 Å². The highest BCUT2D eigenvalue weighted by molar-refractivity contribution is 7.47. The third-order valence-corrected chi connectivity index (χ3v) is 6.04. The Morgan fingerprint density at radius 3 is 2.32 bits per heavy atom. The van der Waals surface area contributed by atoms with Crippen molar-refractivity contribution in [1.82, 2.24) is 5.32 Å². The molecule has 0 spiro atoms. The van der Waals surface area contributed by atoms with Crippen LogP contribution in [0.1, 0.15) is 65.2 Å². The molecule has 0 radical (unpaired) electrons. The Bertz CT molecular complexity index is 541. The molecule has 0 aromatic heterocycles. The van der Waals surface area contributed by atoms with Gasteiger partial charge in [0.05, 0.1) is 13.2 Å². The molecular weight excluding hydrogens is 381 g/mol. The molecule has 7 nitrogen and oxygen atoms in total. The Hall–Kier alpha value is -1.06. The molecule has 0 saturated heterocycles. The van der Waals surface area contributed by atoms with Crippen LogP contribution in [-0.4, -0.2) is 37.9 Å². The van der Waals surface area contributed by atoms with Crippen LogP contribution in [0.25, 0.3) is 0 Å². The summed E-state index contributed by atoms with van der Waals surface area (Å²) in [6.45, 7) is 5.27. The first kappa shape index (κ1) is 25.0. The molecule has 2 N–H and O–H groups in total. The van der Waals surface area contributed by atoms with Crippen LogP contribution < -0.4 is 5.32 Å². The van der Waals surface area contributed by atoms with Gasteiger partial charge in [-0.1, -0.05) is 26.7 Å². The Morgan fingerprint density at radius 1 is 1.11 bits per heavy atom. The molecule has 2 aliphatic rings. The van der Waals surface area contributed by atoms with Gasteiger partial charge in [0, 0.05) is 26.5 Å². The summed E-state index contributed by atoms with van der Waals surface area (Å²) in [7, 11) is -2.72. The number of carbonyl (C=O) groups is 1. The van der Waals surface area contributed by atoms with Gasteiger partial charge < -0.3 is 14.9 Å². The summed E-state index contributed by atoms with van der Waals surface area (Å²) >= 11 is 0. The zero-order valence-corrected chi connectivity index (χ0v) is 18.3. The number of hydrogen-bond donors (Lipinski definition) is 2. The van der Waals surface area contributed by atoms with E-state index in [0.29, 0.717) is 37.3 Å². The number of carbonyl (C=O) groups excluding carboxylic acids is 1. The van der Waals surface area contributed by atoms with Crippen LogP contribution in [-0.2, 0) is 18.3 Å². The number of ether oxygens (including phenoxy) is 1. The lowest BCUT2D eigenvalue weighted by Gasteiger charge is -2.09. The minimum absolute atomic E-state index is 0.186. The van der Waals surface area contributed by atoms with Crippen molar-refractivity contribution in [3.63, 3.8) is 0 Å². The third-order valence-electron chi connectivity index (χ3n) is 5.07. The van der Waals surface area contributed by atoms with Crippen LogP contribution >= 0.6 is 7.82 Å². The van der Waals surface area contributed by atoms with Crippen molar-refractivity contribution < 1.29 is 28.0 Å². The molecule has 3 atom stereocenters. The molecule has 3 unspecified atom stereocenters. The van der Waals surface area contributed by atoms with E-state index in [1.807, 2.05) is 13.8 Å². The maximum atomic E-state index is 11.7. The number of phosphoric ester groups is 1. The molecule has 1 fully saturated rings. The number of unbranched alkanes of at least 4 members (excludes halogenated alkanes) is 3. The average molecular weight is 417 g/mol. The number of phosphoric acid groups is 1. The first-order chi connectivity index (χ1) is 13.5. The minimum Gasteiger partial charge on any atom is -0.449 e. The molecule has 28 heavy (non-hydrogen) atoms. The fourth-order valence-electron chi connectivity index (χ4n) is 3.51. The van der Waals surface area contributed by atoms with E-state index in [1.165, 1.54) is 0 Å². The second kappa shape index (κ2) is 14.0. The summed E-state index contributed by atoms with van der Waals surface area (Å²) in [5.41, 5.74) is 0. The fraction of sp³-hybridized carbons (Fsp3) is 0.850. The molecule has 2 rings (SSSR count). The molecule has 0 bridgehead atoms. The summed E-state index contributed by atoms with van der Waals surface area (Å²) in [6.07, 6.45) is 7.12. The Kier molecular flexibility index (Phi) is 12.5. The van der Waals surface area contributed by atoms with Crippen molar-refractivity contribution in [1.29, 1.82) is 0 Å². The molecule has 2 aliphatic carbocycles. The number of fused-ring (bicyclic) bond motifs is 1. The van der Waals surface area contributed by atoms with Crippen LogP contribution in [0, 0.1) is 29.6 Å². The second-order valence-corrected chi connectivity index (χ2v) is 8.41. The van der Waals surface area contributed by atoms with E-state index >= 15 is 0 Å². The van der Waals surface area contributed by atoms with Gasteiger partial charge in [-0.3, -0.25) is 9.05 Å². The summed E-state index contributed by atoms with van der Waals surface area (Å²) in [5.74, 6) is 8.25. The van der Waals surface area contributed by atoms with Gasteiger partial charge in [-0.2, -0.15) is 0 Å². The highest BCUT2D eigenvalue weighted by Crippen LogP contribution is 2.52. The zero-order chi connectivity index (χ0) is 20.8. The molecule has 0 aromatic rings. The predicted octanol–water partition coefficient (Wildman–Crippen LogP) is 4.50. The quantitative estimate of drug-likeness (QED) is 0.292. The second-order valence-electron chi connectivity index (χ2n) is 6.85. The summed E-state index contributed by atoms with van der Waals surface area (Å²) < 4.78 is 25.5. The lowest BCUT2D eigenvalue weighted by atomic mass is 10.1. The van der Waals surface area contributed by atoms with E-state index in [4.69, 9.17) is 14.2 Å². The van der Waals surface area contributed by atoms with Crippen LogP contribution in [0.3, 0.4) is 0 Å². The van der Waals surface area contributed by atoms with E-state index in [0.717, 1.165) is 52.1 Å². The van der Waals surface area contributed by atoms with Gasteiger partial charge in [0.1, 0.15) is 0 Å². The van der Waals surface area contributed by atoms with E-state index in [1.54, 1.807) is 0 Å². The highest BCUT2D eigenvalue weighted by Gasteiger charge is 2.49. The third kappa shape index (κ3) is 9.93. The van der Waals surface area contributed by atoms with Crippen molar-refractivity contribution in [3.05, 3.63) is 0 Å². The lowest BCUT2D eigenvalue weighted by Crippen LogP contribution is -2.26. The van der Waals surface area contributed by atoms with Gasteiger partial charge in [0.2, 0.25) is 0 Å². The van der Waals surface area contributed by atoms with Crippen molar-refractivity contribution in [3.8, 4) is 11.8 Å². The van der Waals surface area contributed by atoms with E-state index in [9.17, 15) is 9.36 Å². The number of nitrogens with one attached hydrogen (secondary N) is 1. The first-order valence-corrected chi connectivity index (χ1v) is 11.9. The topological polar surface area (TPSA) is 94.1 Å². The van der Waals surface area contributed by atoms with Crippen LogP contribution in [0.5, 0.6) is 0 Å². The Morgan fingerprint density at radius 2 is 1.71 bits per heavy atom. The molecule has 1 amide bonds. The van der Waals surface area contributed by atoms with Gasteiger partial charge >= 0.3 is 13.9 Å². The number of hydrogen-bond acceptors (Lipinski definition) is 5. The Labute approximate surface area is 169 Å². The monoisotopic (exact) mass is 417 g/mol. The van der Waals surface area contributed by atoms with Crippen molar-refractivity contribution in [2.45, 2.75) is 65.2 Å². The Balaban J connectivity index is 0.00000190. The maximum Gasteiger partial charge on any atom is 0.471 e. The molecule has 162 valence electrons. The summed E-state index contributed by atoms with van der Waals surface area (Å²) in [6, 6.07) is 0. The van der Waals surface area contributed by atoms with Crippen molar-refractivity contribution >= 4 is 13.9 Å². The fourth-order valence-corrected chi connectivity index (χ4v) is 3.97. The number of alkyl carbamates (subject to hydrolysis) is 1. The molecule has 0 heterocycles. The van der Waals surface area contributed by atoms with E-state index in [-0.39, 0.29) is 12.7 Å². The van der Waals surface area contributed by atoms with E-state index < -0.39 is 7.82 Å². The predicted molar refractivity (Wildman–Crippen MR) is 109 cm³/mol. The highest BCUT2D eigenvalue weighted by atomic mass is 31.2. The largest absolute Gasteiger partial charge is 0.471 e. The lowest BCUT2D eigenvalue weighted by molar-refractivity contribution is 0.137. The molecule has 8 heteroatoms. The van der Waals surface area contributed by atoms with Crippen molar-refractivity contribution in [2.75, 3.05) is 26.9 Å². The number of rotatable bonds is 11. The molecule has 0 aromatic carbocycles. The first-order valence-electron chi connectivity index (χ1n) is 10.4. The van der Waals surface area contributed by atoms with Crippen LogP contribution in [0.2, 0.25) is 0 Å². The average Bonchev–Trinajstić information content (AvgIpc) is 3.33.